The van der Waals surface area contributed by atoms with Gasteiger partial charge in [-0.1, -0.05) is 29.8 Å². The molecule has 2 aromatic heterocycles. The number of hydrogen-bond donors (Lipinski definition) is 2. The molecule has 0 radical (unpaired) electrons. The zero-order valence-electron chi connectivity index (χ0n) is 12.9. The second-order valence-electron chi connectivity index (χ2n) is 5.52. The lowest BCUT2D eigenvalue weighted by Crippen LogP contribution is -2.31. The summed E-state index contributed by atoms with van der Waals surface area (Å²) in [4.78, 5) is 20.5. The van der Waals surface area contributed by atoms with E-state index in [9.17, 15) is 4.79 Å². The summed E-state index contributed by atoms with van der Waals surface area (Å²) >= 11 is 0. The molecule has 5 nitrogen and oxygen atoms in total. The lowest BCUT2D eigenvalue weighted by Gasteiger charge is -2.13. The first kappa shape index (κ1) is 15.1. The number of aryl methyl sites for hydroxylation is 1. The van der Waals surface area contributed by atoms with Crippen LogP contribution in [0.1, 0.15) is 27.5 Å². The molecule has 3 aromatic rings. The Kier molecular flexibility index (Phi) is 4.30. The Hall–Kier alpha value is -2.79. The Morgan fingerprint density at radius 2 is 2.00 bits per heavy atom. The fourth-order valence-corrected chi connectivity index (χ4v) is 2.33. The van der Waals surface area contributed by atoms with Gasteiger partial charge in [-0.25, -0.2) is 0 Å². The Morgan fingerprint density at radius 3 is 2.78 bits per heavy atom. The van der Waals surface area contributed by atoms with E-state index in [0.717, 1.165) is 16.5 Å². The van der Waals surface area contributed by atoms with Crippen molar-refractivity contribution in [1.82, 2.24) is 15.3 Å². The number of pyridine rings is 2. The molecule has 0 fully saturated rings. The lowest BCUT2D eigenvalue weighted by molar-refractivity contribution is 0.0951. The van der Waals surface area contributed by atoms with Gasteiger partial charge in [0.25, 0.3) is 5.91 Å². The van der Waals surface area contributed by atoms with Crippen molar-refractivity contribution in [1.29, 1.82) is 0 Å². The highest BCUT2D eigenvalue weighted by Gasteiger charge is 2.10. The number of rotatable bonds is 4. The minimum absolute atomic E-state index is 0.182. The number of benzene rings is 1. The van der Waals surface area contributed by atoms with Crippen molar-refractivity contribution >= 4 is 16.8 Å². The Balaban J connectivity index is 1.67. The van der Waals surface area contributed by atoms with Gasteiger partial charge in [0.15, 0.2) is 0 Å². The number of amides is 1. The molecule has 5 heteroatoms. The summed E-state index contributed by atoms with van der Waals surface area (Å²) in [6.07, 6.45) is 4.90. The monoisotopic (exact) mass is 306 g/mol. The highest BCUT2D eigenvalue weighted by atomic mass is 16.1. The zero-order chi connectivity index (χ0) is 16.2. The van der Waals surface area contributed by atoms with Crippen LogP contribution in [-0.2, 0) is 0 Å². The predicted octanol–water partition coefficient (Wildman–Crippen LogP) is 2.37. The molecule has 0 aliphatic carbocycles. The number of nitrogens with zero attached hydrogens (tertiary/aromatic N) is 2. The smallest absolute Gasteiger partial charge is 0.252 e. The number of carbonyl (C=O) groups excluding carboxylic acids is 1. The van der Waals surface area contributed by atoms with E-state index in [-0.39, 0.29) is 11.9 Å². The normalized spacial score (nSPS) is 12.1. The standard InChI is InChI=1S/C18H18N4O/c1-12-2-4-13(5-3-12)16(19)10-22-18(23)15-8-14-6-7-20-11-17(14)21-9-15/h2-9,11,16H,10,19H2,1H3,(H,22,23). The first-order valence-electron chi connectivity index (χ1n) is 7.43. The van der Waals surface area contributed by atoms with E-state index in [1.807, 2.05) is 37.3 Å². The molecule has 1 amide bonds. The van der Waals surface area contributed by atoms with Crippen molar-refractivity contribution in [3.63, 3.8) is 0 Å². The van der Waals surface area contributed by atoms with Crippen LogP contribution in [0.25, 0.3) is 10.9 Å². The van der Waals surface area contributed by atoms with Crippen LogP contribution in [0.4, 0.5) is 0 Å². The number of nitrogens with one attached hydrogen (secondary N) is 1. The van der Waals surface area contributed by atoms with Crippen molar-refractivity contribution in [2.45, 2.75) is 13.0 Å². The summed E-state index contributed by atoms with van der Waals surface area (Å²) in [6.45, 7) is 2.40. The maximum Gasteiger partial charge on any atom is 0.252 e. The van der Waals surface area contributed by atoms with Crippen LogP contribution < -0.4 is 11.1 Å². The largest absolute Gasteiger partial charge is 0.350 e. The molecule has 1 unspecified atom stereocenters. The third-order valence-corrected chi connectivity index (χ3v) is 3.74. The van der Waals surface area contributed by atoms with Gasteiger partial charge in [-0.3, -0.25) is 14.8 Å². The molecule has 0 aliphatic heterocycles. The molecule has 1 atom stereocenters. The first-order chi connectivity index (χ1) is 11.1. The second-order valence-corrected chi connectivity index (χ2v) is 5.52. The van der Waals surface area contributed by atoms with Crippen LogP contribution >= 0.6 is 0 Å². The van der Waals surface area contributed by atoms with E-state index in [1.54, 1.807) is 24.7 Å². The van der Waals surface area contributed by atoms with Gasteiger partial charge in [-0.05, 0) is 24.6 Å². The number of nitrogens with two attached hydrogens (primary N) is 1. The van der Waals surface area contributed by atoms with Gasteiger partial charge >= 0.3 is 0 Å². The van der Waals surface area contributed by atoms with Crippen molar-refractivity contribution in [3.8, 4) is 0 Å². The summed E-state index contributed by atoms with van der Waals surface area (Å²) in [6, 6.07) is 11.4. The van der Waals surface area contributed by atoms with E-state index >= 15 is 0 Å². The minimum atomic E-state index is -0.239. The summed E-state index contributed by atoms with van der Waals surface area (Å²) < 4.78 is 0. The maximum atomic E-state index is 12.3. The molecule has 0 bridgehead atoms. The van der Waals surface area contributed by atoms with Gasteiger partial charge in [-0.15, -0.1) is 0 Å². The van der Waals surface area contributed by atoms with Crippen LogP contribution in [0.5, 0.6) is 0 Å². The van der Waals surface area contributed by atoms with Crippen molar-refractivity contribution < 1.29 is 4.79 Å². The summed E-state index contributed by atoms with van der Waals surface area (Å²) in [5.41, 5.74) is 9.58. The number of aromatic nitrogens is 2. The molecule has 1 aromatic carbocycles. The number of fused-ring (bicyclic) bond motifs is 1. The fraction of sp³-hybridized carbons (Fsp3) is 0.167. The molecule has 0 saturated heterocycles. The van der Waals surface area contributed by atoms with Gasteiger partial charge in [0.05, 0.1) is 17.3 Å². The molecule has 0 aliphatic rings. The van der Waals surface area contributed by atoms with Crippen LogP contribution in [-0.4, -0.2) is 22.4 Å². The molecule has 3 N–H and O–H groups in total. The Labute approximate surface area is 134 Å². The maximum absolute atomic E-state index is 12.3. The highest BCUT2D eigenvalue weighted by molar-refractivity contribution is 5.97. The van der Waals surface area contributed by atoms with E-state index in [2.05, 4.69) is 15.3 Å². The summed E-state index contributed by atoms with van der Waals surface area (Å²) in [7, 11) is 0. The van der Waals surface area contributed by atoms with Gasteiger partial charge in [0, 0.05) is 30.4 Å². The first-order valence-corrected chi connectivity index (χ1v) is 7.43. The van der Waals surface area contributed by atoms with Crippen molar-refractivity contribution in [2.75, 3.05) is 6.54 Å². The number of hydrogen-bond acceptors (Lipinski definition) is 4. The predicted molar refractivity (Wildman–Crippen MR) is 90.0 cm³/mol. The summed E-state index contributed by atoms with van der Waals surface area (Å²) in [5.74, 6) is -0.182. The van der Waals surface area contributed by atoms with Gasteiger partial charge in [-0.2, -0.15) is 0 Å². The third-order valence-electron chi connectivity index (χ3n) is 3.74. The lowest BCUT2D eigenvalue weighted by atomic mass is 10.1. The quantitative estimate of drug-likeness (QED) is 0.775. The number of carbonyl (C=O) groups is 1. The van der Waals surface area contributed by atoms with Gasteiger partial charge in [0.1, 0.15) is 0 Å². The molecule has 2 heterocycles. The van der Waals surface area contributed by atoms with Crippen LogP contribution in [0.2, 0.25) is 0 Å². The Bertz CT molecular complexity index is 830. The van der Waals surface area contributed by atoms with Crippen molar-refractivity contribution in [3.05, 3.63) is 71.7 Å². The van der Waals surface area contributed by atoms with E-state index in [0.29, 0.717) is 12.1 Å². The molecular weight excluding hydrogens is 288 g/mol. The highest BCUT2D eigenvalue weighted by Crippen LogP contribution is 2.13. The third kappa shape index (κ3) is 3.52. The van der Waals surface area contributed by atoms with Crippen LogP contribution in [0, 0.1) is 6.92 Å². The average molecular weight is 306 g/mol. The Morgan fingerprint density at radius 1 is 1.22 bits per heavy atom. The average Bonchev–Trinajstić information content (AvgIpc) is 2.59. The van der Waals surface area contributed by atoms with Crippen molar-refractivity contribution in [2.24, 2.45) is 5.73 Å². The molecular formula is C18H18N4O. The fourth-order valence-electron chi connectivity index (χ4n) is 2.33. The van der Waals surface area contributed by atoms with E-state index in [1.165, 1.54) is 5.56 Å². The van der Waals surface area contributed by atoms with Gasteiger partial charge < -0.3 is 11.1 Å². The topological polar surface area (TPSA) is 80.9 Å². The molecule has 23 heavy (non-hydrogen) atoms. The SMILES string of the molecule is Cc1ccc(C(N)CNC(=O)c2cnc3cnccc3c2)cc1. The van der Waals surface area contributed by atoms with Gasteiger partial charge in [0.2, 0.25) is 0 Å². The molecule has 3 rings (SSSR count). The second kappa shape index (κ2) is 6.54. The molecule has 0 saturated carbocycles. The van der Waals surface area contributed by atoms with Crippen LogP contribution in [0.15, 0.2) is 55.0 Å². The zero-order valence-corrected chi connectivity index (χ0v) is 12.9. The van der Waals surface area contributed by atoms with Crippen LogP contribution in [0.3, 0.4) is 0 Å². The molecule has 116 valence electrons. The van der Waals surface area contributed by atoms with E-state index in [4.69, 9.17) is 5.73 Å². The minimum Gasteiger partial charge on any atom is -0.350 e. The molecule has 0 spiro atoms. The summed E-state index contributed by atoms with van der Waals surface area (Å²) in [5, 5.41) is 3.74. The van der Waals surface area contributed by atoms with E-state index < -0.39 is 0 Å².